The second-order valence-corrected chi connectivity index (χ2v) is 4.80. The monoisotopic (exact) mass is 286 g/mol. The normalized spacial score (nSPS) is 13.5. The molecule has 0 radical (unpaired) electrons. The molecule has 0 saturated carbocycles. The number of pyridine rings is 1. The molecule has 2 rings (SSSR count). The van der Waals surface area contributed by atoms with Gasteiger partial charge in [-0.1, -0.05) is 13.0 Å². The molecule has 21 heavy (non-hydrogen) atoms. The molecule has 2 atom stereocenters. The highest BCUT2D eigenvalue weighted by Gasteiger charge is 2.20. The number of rotatable bonds is 7. The fourth-order valence-electron chi connectivity index (χ4n) is 2.12. The number of hydrogen-bond acceptors (Lipinski definition) is 4. The first-order valence-corrected chi connectivity index (χ1v) is 7.29. The van der Waals surface area contributed by atoms with Crippen LogP contribution in [-0.4, -0.2) is 17.6 Å². The van der Waals surface area contributed by atoms with Crippen molar-refractivity contribution in [1.82, 2.24) is 4.98 Å². The van der Waals surface area contributed by atoms with Crippen LogP contribution in [0, 0.1) is 0 Å². The van der Waals surface area contributed by atoms with E-state index in [1.807, 2.05) is 43.3 Å². The Hall–Kier alpha value is -2.07. The zero-order chi connectivity index (χ0) is 15.1. The van der Waals surface area contributed by atoms with Crippen LogP contribution in [0.3, 0.4) is 0 Å². The third-order valence-corrected chi connectivity index (χ3v) is 3.27. The van der Waals surface area contributed by atoms with Gasteiger partial charge in [-0.05, 0) is 43.2 Å². The molecule has 1 aromatic heterocycles. The summed E-state index contributed by atoms with van der Waals surface area (Å²) in [5.41, 5.74) is 7.25. The lowest BCUT2D eigenvalue weighted by Crippen LogP contribution is -2.31. The topological polar surface area (TPSA) is 57.4 Å². The molecule has 112 valence electrons. The minimum Gasteiger partial charge on any atom is -0.494 e. The van der Waals surface area contributed by atoms with E-state index in [1.54, 1.807) is 12.4 Å². The zero-order valence-corrected chi connectivity index (χ0v) is 12.5. The quantitative estimate of drug-likeness (QED) is 0.848. The minimum atomic E-state index is -0.199. The lowest BCUT2D eigenvalue weighted by molar-refractivity contribution is 0.170. The molecule has 0 amide bonds. The number of ether oxygens (including phenoxy) is 2. The van der Waals surface area contributed by atoms with Crippen molar-refractivity contribution < 1.29 is 9.47 Å². The van der Waals surface area contributed by atoms with Gasteiger partial charge in [0, 0.05) is 24.5 Å². The van der Waals surface area contributed by atoms with Gasteiger partial charge in [-0.15, -0.1) is 0 Å². The summed E-state index contributed by atoms with van der Waals surface area (Å²) in [6.45, 7) is 4.64. The molecule has 0 bridgehead atoms. The van der Waals surface area contributed by atoms with E-state index < -0.39 is 0 Å². The van der Waals surface area contributed by atoms with Crippen molar-refractivity contribution in [2.75, 3.05) is 6.61 Å². The van der Waals surface area contributed by atoms with Crippen LogP contribution in [0.25, 0.3) is 0 Å². The van der Waals surface area contributed by atoms with Crippen LogP contribution in [0.4, 0.5) is 0 Å². The standard InChI is InChI=1S/C17H22N2O2/c1-3-16(18)17(13-8-10-19-11-9-13)21-15-7-5-6-14(12-15)20-4-2/h5-12,16-17H,3-4,18H2,1-2H3. The lowest BCUT2D eigenvalue weighted by Gasteiger charge is -2.24. The summed E-state index contributed by atoms with van der Waals surface area (Å²) in [6.07, 6.45) is 4.14. The summed E-state index contributed by atoms with van der Waals surface area (Å²) in [5, 5.41) is 0. The van der Waals surface area contributed by atoms with Gasteiger partial charge >= 0.3 is 0 Å². The predicted octanol–water partition coefficient (Wildman–Crippen LogP) is 3.34. The van der Waals surface area contributed by atoms with E-state index in [9.17, 15) is 0 Å². The molecule has 2 N–H and O–H groups in total. The van der Waals surface area contributed by atoms with Gasteiger partial charge in [0.1, 0.15) is 17.6 Å². The van der Waals surface area contributed by atoms with Crippen LogP contribution in [-0.2, 0) is 0 Å². The maximum atomic E-state index is 6.22. The number of nitrogens with zero attached hydrogens (tertiary/aromatic N) is 1. The van der Waals surface area contributed by atoms with E-state index in [4.69, 9.17) is 15.2 Å². The van der Waals surface area contributed by atoms with E-state index in [0.717, 1.165) is 23.5 Å². The second-order valence-electron chi connectivity index (χ2n) is 4.80. The fraction of sp³-hybridized carbons (Fsp3) is 0.353. The van der Waals surface area contributed by atoms with E-state index in [1.165, 1.54) is 0 Å². The second kappa shape index (κ2) is 7.64. The average molecular weight is 286 g/mol. The molecule has 4 heteroatoms. The van der Waals surface area contributed by atoms with Crippen molar-refractivity contribution >= 4 is 0 Å². The van der Waals surface area contributed by atoms with Crippen LogP contribution in [0.2, 0.25) is 0 Å². The van der Waals surface area contributed by atoms with Gasteiger partial charge in [-0.25, -0.2) is 0 Å². The summed E-state index contributed by atoms with van der Waals surface area (Å²) in [6, 6.07) is 11.4. The smallest absolute Gasteiger partial charge is 0.139 e. The van der Waals surface area contributed by atoms with Crippen molar-refractivity contribution in [3.05, 3.63) is 54.4 Å². The highest BCUT2D eigenvalue weighted by molar-refractivity contribution is 5.33. The number of aromatic nitrogens is 1. The molecule has 2 unspecified atom stereocenters. The van der Waals surface area contributed by atoms with Gasteiger partial charge in [-0.2, -0.15) is 0 Å². The van der Waals surface area contributed by atoms with Gasteiger partial charge in [-0.3, -0.25) is 4.98 Å². The molecule has 0 saturated heterocycles. The molecular formula is C17H22N2O2. The summed E-state index contributed by atoms with van der Waals surface area (Å²) >= 11 is 0. The lowest BCUT2D eigenvalue weighted by atomic mass is 10.0. The summed E-state index contributed by atoms with van der Waals surface area (Å²) < 4.78 is 11.6. The Balaban J connectivity index is 2.21. The molecule has 0 aliphatic heterocycles. The van der Waals surface area contributed by atoms with E-state index >= 15 is 0 Å². The number of benzene rings is 1. The van der Waals surface area contributed by atoms with Crippen LogP contribution >= 0.6 is 0 Å². The predicted molar refractivity (Wildman–Crippen MR) is 83.5 cm³/mol. The van der Waals surface area contributed by atoms with Gasteiger partial charge < -0.3 is 15.2 Å². The first-order chi connectivity index (χ1) is 10.2. The van der Waals surface area contributed by atoms with Gasteiger partial charge in [0.25, 0.3) is 0 Å². The van der Waals surface area contributed by atoms with Crippen molar-refractivity contribution in [3.8, 4) is 11.5 Å². The first-order valence-electron chi connectivity index (χ1n) is 7.29. The van der Waals surface area contributed by atoms with Crippen molar-refractivity contribution in [3.63, 3.8) is 0 Å². The van der Waals surface area contributed by atoms with Crippen LogP contribution in [0.15, 0.2) is 48.8 Å². The SMILES string of the molecule is CCOc1cccc(OC(c2ccncc2)C(N)CC)c1. The van der Waals surface area contributed by atoms with Crippen LogP contribution < -0.4 is 15.2 Å². The largest absolute Gasteiger partial charge is 0.494 e. The number of hydrogen-bond donors (Lipinski definition) is 1. The van der Waals surface area contributed by atoms with Crippen molar-refractivity contribution in [2.24, 2.45) is 5.73 Å². The Bertz CT molecular complexity index is 545. The minimum absolute atomic E-state index is 0.0804. The van der Waals surface area contributed by atoms with Gasteiger partial charge in [0.2, 0.25) is 0 Å². The Morgan fingerprint density at radius 2 is 1.81 bits per heavy atom. The van der Waals surface area contributed by atoms with E-state index in [0.29, 0.717) is 6.61 Å². The molecule has 1 heterocycles. The molecule has 1 aromatic carbocycles. The third kappa shape index (κ3) is 4.20. The molecule has 4 nitrogen and oxygen atoms in total. The maximum Gasteiger partial charge on any atom is 0.139 e. The highest BCUT2D eigenvalue weighted by Crippen LogP contribution is 2.27. The molecule has 2 aromatic rings. The van der Waals surface area contributed by atoms with E-state index in [2.05, 4.69) is 11.9 Å². The molecular weight excluding hydrogens is 264 g/mol. The maximum absolute atomic E-state index is 6.22. The Kier molecular flexibility index (Phi) is 5.58. The summed E-state index contributed by atoms with van der Waals surface area (Å²) in [7, 11) is 0. The Morgan fingerprint density at radius 1 is 1.10 bits per heavy atom. The average Bonchev–Trinajstić information content (AvgIpc) is 2.53. The Labute approximate surface area is 125 Å². The van der Waals surface area contributed by atoms with Crippen molar-refractivity contribution in [2.45, 2.75) is 32.4 Å². The summed E-state index contributed by atoms with van der Waals surface area (Å²) in [5.74, 6) is 1.56. The van der Waals surface area contributed by atoms with Crippen molar-refractivity contribution in [1.29, 1.82) is 0 Å². The third-order valence-electron chi connectivity index (χ3n) is 3.27. The van der Waals surface area contributed by atoms with Gasteiger partial charge in [0.15, 0.2) is 0 Å². The molecule has 0 aliphatic rings. The van der Waals surface area contributed by atoms with Gasteiger partial charge in [0.05, 0.1) is 6.61 Å². The van der Waals surface area contributed by atoms with Crippen LogP contribution in [0.1, 0.15) is 31.9 Å². The van der Waals surface area contributed by atoms with E-state index in [-0.39, 0.29) is 12.1 Å². The number of nitrogens with two attached hydrogens (primary N) is 1. The summed E-state index contributed by atoms with van der Waals surface area (Å²) in [4.78, 5) is 4.04. The Morgan fingerprint density at radius 3 is 2.48 bits per heavy atom. The zero-order valence-electron chi connectivity index (χ0n) is 12.5. The first kappa shape index (κ1) is 15.3. The molecule has 0 spiro atoms. The fourth-order valence-corrected chi connectivity index (χ4v) is 2.12. The highest BCUT2D eigenvalue weighted by atomic mass is 16.5. The molecule has 0 aliphatic carbocycles. The molecule has 0 fully saturated rings. The van der Waals surface area contributed by atoms with Crippen LogP contribution in [0.5, 0.6) is 11.5 Å².